The number of nitrogens with zero attached hydrogens (tertiary/aromatic N) is 1. The number of carbonyl (C=O) groups excluding carboxylic acids is 2. The smallest absolute Gasteiger partial charge is 0.339 e. The summed E-state index contributed by atoms with van der Waals surface area (Å²) in [5, 5.41) is 3.30. The van der Waals surface area contributed by atoms with E-state index in [4.69, 9.17) is 4.74 Å². The van der Waals surface area contributed by atoms with Crippen LogP contribution in [0.3, 0.4) is 0 Å². The number of amides is 1. The summed E-state index contributed by atoms with van der Waals surface area (Å²) in [5.41, 5.74) is 1.22. The number of rotatable bonds is 4. The highest BCUT2D eigenvalue weighted by Crippen LogP contribution is 2.30. The van der Waals surface area contributed by atoms with Gasteiger partial charge in [-0.25, -0.2) is 9.78 Å². The van der Waals surface area contributed by atoms with Crippen molar-refractivity contribution < 1.29 is 14.3 Å². The van der Waals surface area contributed by atoms with Crippen molar-refractivity contribution >= 4 is 44.3 Å². The van der Waals surface area contributed by atoms with Crippen LogP contribution in [-0.4, -0.2) is 22.5 Å². The number of cyclic esters (lactones) is 1. The van der Waals surface area contributed by atoms with E-state index in [1.165, 1.54) is 11.3 Å². The fraction of sp³-hybridized carbons (Fsp3) is 0.190. The zero-order chi connectivity index (χ0) is 19.7. The maximum Gasteiger partial charge on any atom is 0.339 e. The normalized spacial score (nSPS) is 18.3. The summed E-state index contributed by atoms with van der Waals surface area (Å²) in [4.78, 5) is 30.4. The molecule has 2 aromatic carbocycles. The molecule has 1 aromatic heterocycles. The molecule has 4 rings (SSSR count). The second kappa shape index (κ2) is 7.48. The largest absolute Gasteiger partial charge is 0.445 e. The molecule has 1 aliphatic rings. The first-order valence-corrected chi connectivity index (χ1v) is 10.4. The van der Waals surface area contributed by atoms with Crippen molar-refractivity contribution in [3.63, 3.8) is 0 Å². The number of aromatic nitrogens is 1. The SMILES string of the molecule is C[C@@]1(C(=O)Nc2ncc(Cc3ccc(Br)cc3)s2)Cc2ccccc2C(=O)O1. The maximum atomic E-state index is 12.8. The quantitative estimate of drug-likeness (QED) is 0.582. The topological polar surface area (TPSA) is 68.3 Å². The molecule has 7 heteroatoms. The van der Waals surface area contributed by atoms with Crippen molar-refractivity contribution in [2.75, 3.05) is 5.32 Å². The lowest BCUT2D eigenvalue weighted by atomic mass is 9.89. The van der Waals surface area contributed by atoms with Gasteiger partial charge in [0, 0.05) is 28.4 Å². The molecule has 0 unspecified atom stereocenters. The Kier molecular flexibility index (Phi) is 5.03. The van der Waals surface area contributed by atoms with Crippen LogP contribution >= 0.6 is 27.3 Å². The molecule has 0 saturated carbocycles. The first-order valence-electron chi connectivity index (χ1n) is 8.75. The van der Waals surface area contributed by atoms with E-state index in [-0.39, 0.29) is 5.91 Å². The number of nitrogens with one attached hydrogen (secondary N) is 1. The number of anilines is 1. The molecule has 0 bridgehead atoms. The summed E-state index contributed by atoms with van der Waals surface area (Å²) in [7, 11) is 0. The van der Waals surface area contributed by atoms with Crippen molar-refractivity contribution in [3.05, 3.63) is 80.8 Å². The summed E-state index contributed by atoms with van der Waals surface area (Å²) in [6.07, 6.45) is 2.82. The van der Waals surface area contributed by atoms with E-state index in [1.807, 2.05) is 36.4 Å². The Labute approximate surface area is 174 Å². The van der Waals surface area contributed by atoms with Gasteiger partial charge in [-0.15, -0.1) is 11.3 Å². The molecule has 0 aliphatic carbocycles. The predicted octanol–water partition coefficient (Wildman–Crippen LogP) is 4.61. The summed E-state index contributed by atoms with van der Waals surface area (Å²) in [6.45, 7) is 1.63. The standard InChI is InChI=1S/C21H17BrN2O3S/c1-21(11-14-4-2-3-5-17(14)18(25)27-21)19(26)24-20-23-12-16(28-20)10-13-6-8-15(22)9-7-13/h2-9,12H,10-11H2,1H3,(H,23,24,26)/t21-/m0/s1. The van der Waals surface area contributed by atoms with E-state index in [2.05, 4.69) is 26.2 Å². The maximum absolute atomic E-state index is 12.8. The molecule has 3 aromatic rings. The zero-order valence-corrected chi connectivity index (χ0v) is 17.5. The number of esters is 1. The van der Waals surface area contributed by atoms with Crippen LogP contribution in [0.2, 0.25) is 0 Å². The van der Waals surface area contributed by atoms with Gasteiger partial charge >= 0.3 is 5.97 Å². The minimum absolute atomic E-state index is 0.331. The van der Waals surface area contributed by atoms with E-state index in [0.29, 0.717) is 17.1 Å². The Morgan fingerprint density at radius 1 is 1.25 bits per heavy atom. The minimum Gasteiger partial charge on any atom is -0.445 e. The van der Waals surface area contributed by atoms with Gasteiger partial charge in [-0.05, 0) is 36.2 Å². The number of ether oxygens (including phenoxy) is 1. The number of fused-ring (bicyclic) bond motifs is 1. The van der Waals surface area contributed by atoms with Gasteiger partial charge < -0.3 is 4.74 Å². The highest BCUT2D eigenvalue weighted by atomic mass is 79.9. The Morgan fingerprint density at radius 2 is 2.00 bits per heavy atom. The van der Waals surface area contributed by atoms with Crippen molar-refractivity contribution in [2.45, 2.75) is 25.4 Å². The second-order valence-corrected chi connectivity index (χ2v) is 8.87. The highest BCUT2D eigenvalue weighted by Gasteiger charge is 2.42. The van der Waals surface area contributed by atoms with E-state index in [0.717, 1.165) is 26.9 Å². The van der Waals surface area contributed by atoms with Crippen LogP contribution < -0.4 is 5.32 Å². The molecule has 1 amide bonds. The zero-order valence-electron chi connectivity index (χ0n) is 15.1. The van der Waals surface area contributed by atoms with Crippen molar-refractivity contribution in [2.24, 2.45) is 0 Å². The average molecular weight is 457 g/mol. The third-order valence-electron chi connectivity index (χ3n) is 4.63. The summed E-state index contributed by atoms with van der Waals surface area (Å²) in [5.74, 6) is -0.852. The third-order valence-corrected chi connectivity index (χ3v) is 6.07. The summed E-state index contributed by atoms with van der Waals surface area (Å²) in [6, 6.07) is 15.3. The first-order chi connectivity index (χ1) is 13.4. The number of halogens is 1. The van der Waals surface area contributed by atoms with Gasteiger partial charge in [-0.1, -0.05) is 46.3 Å². The van der Waals surface area contributed by atoms with Gasteiger partial charge in [0.25, 0.3) is 5.91 Å². The van der Waals surface area contributed by atoms with Gasteiger partial charge in [0.1, 0.15) is 0 Å². The molecule has 0 saturated heterocycles. The van der Waals surface area contributed by atoms with Crippen LogP contribution in [0.15, 0.2) is 59.2 Å². The van der Waals surface area contributed by atoms with Gasteiger partial charge in [0.05, 0.1) is 5.56 Å². The molecule has 1 N–H and O–H groups in total. The Hall–Kier alpha value is -2.51. The van der Waals surface area contributed by atoms with Crippen LogP contribution in [-0.2, 0) is 22.4 Å². The number of carbonyl (C=O) groups is 2. The first kappa shape index (κ1) is 18.8. The Morgan fingerprint density at radius 3 is 2.79 bits per heavy atom. The molecule has 28 heavy (non-hydrogen) atoms. The minimum atomic E-state index is -1.26. The fourth-order valence-corrected chi connectivity index (χ4v) is 4.25. The molecular weight excluding hydrogens is 440 g/mol. The fourth-order valence-electron chi connectivity index (χ4n) is 3.14. The molecule has 5 nitrogen and oxygen atoms in total. The molecule has 1 aliphatic heterocycles. The number of benzene rings is 2. The average Bonchev–Trinajstić information content (AvgIpc) is 3.10. The van der Waals surface area contributed by atoms with Crippen molar-refractivity contribution in [1.29, 1.82) is 0 Å². The van der Waals surface area contributed by atoms with Crippen LogP contribution in [0, 0.1) is 0 Å². The van der Waals surface area contributed by atoms with Crippen LogP contribution in [0.4, 0.5) is 5.13 Å². The monoisotopic (exact) mass is 456 g/mol. The molecule has 0 radical (unpaired) electrons. The number of hydrogen-bond acceptors (Lipinski definition) is 5. The lowest BCUT2D eigenvalue weighted by Gasteiger charge is -2.32. The number of hydrogen-bond donors (Lipinski definition) is 1. The predicted molar refractivity (Wildman–Crippen MR) is 112 cm³/mol. The third kappa shape index (κ3) is 3.86. The van der Waals surface area contributed by atoms with Crippen molar-refractivity contribution in [3.8, 4) is 0 Å². The van der Waals surface area contributed by atoms with Crippen LogP contribution in [0.5, 0.6) is 0 Å². The van der Waals surface area contributed by atoms with Crippen LogP contribution in [0.1, 0.15) is 33.3 Å². The molecule has 0 spiro atoms. The van der Waals surface area contributed by atoms with Gasteiger partial charge in [-0.3, -0.25) is 10.1 Å². The second-order valence-electron chi connectivity index (χ2n) is 6.84. The van der Waals surface area contributed by atoms with Gasteiger partial charge in [0.15, 0.2) is 10.7 Å². The van der Waals surface area contributed by atoms with E-state index < -0.39 is 11.6 Å². The summed E-state index contributed by atoms with van der Waals surface area (Å²) < 4.78 is 6.50. The van der Waals surface area contributed by atoms with E-state index in [1.54, 1.807) is 25.3 Å². The molecule has 2 heterocycles. The van der Waals surface area contributed by atoms with Crippen LogP contribution in [0.25, 0.3) is 0 Å². The lowest BCUT2D eigenvalue weighted by molar-refractivity contribution is -0.134. The number of thiazole rings is 1. The molecular formula is C21H17BrN2O3S. The molecule has 142 valence electrons. The van der Waals surface area contributed by atoms with E-state index >= 15 is 0 Å². The molecule has 1 atom stereocenters. The van der Waals surface area contributed by atoms with E-state index in [9.17, 15) is 9.59 Å². The lowest BCUT2D eigenvalue weighted by Crippen LogP contribution is -2.48. The summed E-state index contributed by atoms with van der Waals surface area (Å²) >= 11 is 4.84. The Bertz CT molecular complexity index is 1050. The molecule has 0 fully saturated rings. The van der Waals surface area contributed by atoms with Gasteiger partial charge in [-0.2, -0.15) is 0 Å². The van der Waals surface area contributed by atoms with Gasteiger partial charge in [0.2, 0.25) is 0 Å². The van der Waals surface area contributed by atoms with Crippen molar-refractivity contribution in [1.82, 2.24) is 4.98 Å². The Balaban J connectivity index is 1.46. The highest BCUT2D eigenvalue weighted by molar-refractivity contribution is 9.10.